The van der Waals surface area contributed by atoms with Crippen LogP contribution in [0.15, 0.2) is 33.2 Å². The van der Waals surface area contributed by atoms with Crippen LogP contribution in [-0.2, 0) is 21.7 Å². The summed E-state index contributed by atoms with van der Waals surface area (Å²) in [5.41, 5.74) is 5.34. The summed E-state index contributed by atoms with van der Waals surface area (Å²) in [5.74, 6) is 0.802. The van der Waals surface area contributed by atoms with Crippen molar-refractivity contribution in [1.82, 2.24) is 0 Å². The molecule has 4 aromatic rings. The molecule has 40 heavy (non-hydrogen) atoms. The van der Waals surface area contributed by atoms with Crippen molar-refractivity contribution in [1.29, 1.82) is 0 Å². The van der Waals surface area contributed by atoms with Crippen LogP contribution in [0.2, 0.25) is 0 Å². The molecule has 6 heteroatoms. The minimum Gasteiger partial charge on any atom is -0.507 e. The molecular formula is C34H42Br2O2S2. The second kappa shape index (κ2) is 10.1. The Labute approximate surface area is 265 Å². The second-order valence-electron chi connectivity index (χ2n) is 15.0. The van der Waals surface area contributed by atoms with Gasteiger partial charge in [-0.05, 0) is 88.9 Å². The fourth-order valence-electron chi connectivity index (χ4n) is 5.07. The molecule has 0 saturated heterocycles. The third kappa shape index (κ3) is 5.67. The molecule has 0 saturated carbocycles. The van der Waals surface area contributed by atoms with E-state index in [0.29, 0.717) is 11.5 Å². The van der Waals surface area contributed by atoms with Gasteiger partial charge in [-0.2, -0.15) is 0 Å². The van der Waals surface area contributed by atoms with Crippen molar-refractivity contribution < 1.29 is 10.2 Å². The summed E-state index contributed by atoms with van der Waals surface area (Å²) >= 11 is 11.5. The number of hydrogen-bond donors (Lipinski definition) is 2. The molecule has 4 rings (SSSR count). The van der Waals surface area contributed by atoms with Crippen molar-refractivity contribution >= 4 is 63.9 Å². The maximum Gasteiger partial charge on any atom is 0.123 e. The Morgan fingerprint density at radius 1 is 0.475 bits per heavy atom. The van der Waals surface area contributed by atoms with E-state index in [9.17, 15) is 10.2 Å². The summed E-state index contributed by atoms with van der Waals surface area (Å²) in [6.07, 6.45) is 0. The lowest BCUT2D eigenvalue weighted by molar-refractivity contribution is 0.422. The van der Waals surface area contributed by atoms with Crippen LogP contribution in [-0.4, -0.2) is 10.2 Å². The Morgan fingerprint density at radius 3 is 0.900 bits per heavy atom. The van der Waals surface area contributed by atoms with E-state index in [4.69, 9.17) is 0 Å². The van der Waals surface area contributed by atoms with Crippen LogP contribution in [0.5, 0.6) is 11.5 Å². The lowest BCUT2D eigenvalue weighted by atomic mass is 9.78. The number of halogens is 2. The second-order valence-corrected chi connectivity index (χ2v) is 18.6. The zero-order chi connectivity index (χ0) is 30.3. The van der Waals surface area contributed by atoms with Gasteiger partial charge in [-0.15, -0.1) is 22.7 Å². The first-order chi connectivity index (χ1) is 18.0. The minimum absolute atomic E-state index is 0.191. The SMILES string of the molecule is CC(C)(C)c1cc(-c2sc3c(Br)c(-c4cc(C(C)(C)C)c(O)c(C(C)(C)C)c4)sc3c2Br)cc(C(C)(C)C)c1O. The highest BCUT2D eigenvalue weighted by Crippen LogP contribution is 2.55. The smallest absolute Gasteiger partial charge is 0.123 e. The molecule has 0 aliphatic rings. The van der Waals surface area contributed by atoms with Crippen molar-refractivity contribution in [2.75, 3.05) is 0 Å². The highest BCUT2D eigenvalue weighted by atomic mass is 79.9. The molecule has 2 aromatic heterocycles. The van der Waals surface area contributed by atoms with E-state index in [0.717, 1.165) is 42.3 Å². The number of fused-ring (bicyclic) bond motifs is 1. The molecule has 0 spiro atoms. The van der Waals surface area contributed by atoms with Crippen LogP contribution in [0.3, 0.4) is 0 Å². The van der Waals surface area contributed by atoms with E-state index in [1.165, 1.54) is 19.2 Å². The van der Waals surface area contributed by atoms with Gasteiger partial charge in [0.1, 0.15) is 11.5 Å². The average molecular weight is 707 g/mol. The van der Waals surface area contributed by atoms with Crippen molar-refractivity contribution in [3.63, 3.8) is 0 Å². The summed E-state index contributed by atoms with van der Waals surface area (Å²) in [6, 6.07) is 8.63. The van der Waals surface area contributed by atoms with E-state index >= 15 is 0 Å². The average Bonchev–Trinajstić information content (AvgIpc) is 3.27. The van der Waals surface area contributed by atoms with Crippen LogP contribution in [0.4, 0.5) is 0 Å². The third-order valence-electron chi connectivity index (χ3n) is 7.39. The maximum absolute atomic E-state index is 11.3. The van der Waals surface area contributed by atoms with E-state index in [1.807, 2.05) is 0 Å². The first-order valence-electron chi connectivity index (χ1n) is 13.7. The molecule has 2 aromatic carbocycles. The third-order valence-corrected chi connectivity index (χ3v) is 12.7. The molecule has 0 radical (unpaired) electrons. The molecule has 2 N–H and O–H groups in total. The number of benzene rings is 2. The van der Waals surface area contributed by atoms with Crippen LogP contribution in [0.25, 0.3) is 30.3 Å². The molecule has 0 bridgehead atoms. The Morgan fingerprint density at radius 2 is 0.700 bits per heavy atom. The molecule has 0 aliphatic heterocycles. The van der Waals surface area contributed by atoms with Gasteiger partial charge in [0.05, 0.1) is 28.1 Å². The van der Waals surface area contributed by atoms with Crippen LogP contribution < -0.4 is 0 Å². The van der Waals surface area contributed by atoms with Crippen molar-refractivity contribution in [3.05, 3.63) is 55.5 Å². The van der Waals surface area contributed by atoms with Gasteiger partial charge in [0.25, 0.3) is 0 Å². The monoisotopic (exact) mass is 704 g/mol. The Hall–Kier alpha value is -1.34. The van der Waals surface area contributed by atoms with Crippen molar-refractivity contribution in [2.45, 2.75) is 105 Å². The van der Waals surface area contributed by atoms with Gasteiger partial charge in [-0.25, -0.2) is 0 Å². The lowest BCUT2D eigenvalue weighted by Crippen LogP contribution is -2.17. The zero-order valence-corrected chi connectivity index (χ0v) is 30.6. The maximum atomic E-state index is 11.3. The largest absolute Gasteiger partial charge is 0.507 e. The molecular weight excluding hydrogens is 664 g/mol. The van der Waals surface area contributed by atoms with E-state index < -0.39 is 0 Å². The molecule has 2 nitrogen and oxygen atoms in total. The topological polar surface area (TPSA) is 40.5 Å². The van der Waals surface area contributed by atoms with Gasteiger partial charge in [0.2, 0.25) is 0 Å². The number of thiophene rings is 2. The lowest BCUT2D eigenvalue weighted by Gasteiger charge is -2.28. The molecule has 216 valence electrons. The summed E-state index contributed by atoms with van der Waals surface area (Å²) < 4.78 is 4.57. The summed E-state index contributed by atoms with van der Waals surface area (Å²) in [5, 5.41) is 22.5. The van der Waals surface area contributed by atoms with Crippen LogP contribution >= 0.6 is 54.5 Å². The highest BCUT2D eigenvalue weighted by molar-refractivity contribution is 9.11. The number of phenolic OH excluding ortho intramolecular Hbond substituents is 2. The molecule has 0 unspecified atom stereocenters. The van der Waals surface area contributed by atoms with E-state index in [2.05, 4.69) is 139 Å². The van der Waals surface area contributed by atoms with Gasteiger partial charge < -0.3 is 10.2 Å². The Balaban J connectivity index is 1.96. The van der Waals surface area contributed by atoms with E-state index in [-0.39, 0.29) is 21.7 Å². The zero-order valence-electron chi connectivity index (χ0n) is 25.8. The standard InChI is InChI=1S/C34H42Br2O2S2/c1-31(2,3)19-13-17(14-20(25(19)37)32(4,5)6)27-23(35)29-30(39-27)24(36)28(40-29)18-15-21(33(7,8)9)26(38)22(16-18)34(10,11)12/h13-16,37-38H,1-12H3. The first kappa shape index (κ1) is 31.6. The molecule has 0 amide bonds. The highest BCUT2D eigenvalue weighted by Gasteiger charge is 2.30. The van der Waals surface area contributed by atoms with Gasteiger partial charge >= 0.3 is 0 Å². The molecule has 0 atom stereocenters. The van der Waals surface area contributed by atoms with Gasteiger partial charge in [-0.3, -0.25) is 0 Å². The van der Waals surface area contributed by atoms with Crippen LogP contribution in [0.1, 0.15) is 105 Å². The van der Waals surface area contributed by atoms with E-state index in [1.54, 1.807) is 22.7 Å². The number of aromatic hydroxyl groups is 2. The molecule has 2 heterocycles. The summed E-state index contributed by atoms with van der Waals surface area (Å²) in [7, 11) is 0. The Kier molecular flexibility index (Phi) is 8.01. The molecule has 0 fully saturated rings. The molecule has 0 aliphatic carbocycles. The number of phenols is 2. The van der Waals surface area contributed by atoms with Gasteiger partial charge in [-0.1, -0.05) is 83.1 Å². The van der Waals surface area contributed by atoms with Crippen molar-refractivity contribution in [3.8, 4) is 32.4 Å². The van der Waals surface area contributed by atoms with Crippen molar-refractivity contribution in [2.24, 2.45) is 0 Å². The normalized spacial score (nSPS) is 13.4. The van der Waals surface area contributed by atoms with Crippen LogP contribution in [0, 0.1) is 0 Å². The number of rotatable bonds is 2. The quantitative estimate of drug-likeness (QED) is 0.218. The predicted octanol–water partition coefficient (Wildman–Crippen LogP) is 12.4. The summed E-state index contributed by atoms with van der Waals surface area (Å²) in [4.78, 5) is 2.34. The summed E-state index contributed by atoms with van der Waals surface area (Å²) in [6.45, 7) is 25.8. The number of hydrogen-bond acceptors (Lipinski definition) is 4. The fraction of sp³-hybridized carbons (Fsp3) is 0.471. The Bertz CT molecular complexity index is 1420. The fourth-order valence-corrected chi connectivity index (χ4v) is 9.57. The first-order valence-corrected chi connectivity index (χ1v) is 16.9. The minimum atomic E-state index is -0.191. The van der Waals surface area contributed by atoms with Gasteiger partial charge in [0, 0.05) is 22.3 Å². The predicted molar refractivity (Wildman–Crippen MR) is 184 cm³/mol. The van der Waals surface area contributed by atoms with Gasteiger partial charge in [0.15, 0.2) is 0 Å².